The Morgan fingerprint density at radius 3 is 2.62 bits per heavy atom. The molecule has 2 aliphatic rings. The van der Waals surface area contributed by atoms with Crippen LogP contribution in [0.1, 0.15) is 43.2 Å². The second kappa shape index (κ2) is 4.10. The topological polar surface area (TPSA) is 29.3 Å². The highest BCUT2D eigenvalue weighted by Gasteiger charge is 2.27. The smallest absolute Gasteiger partial charge is 0.0363 e. The molecule has 86 valence electrons. The Kier molecular flexibility index (Phi) is 2.60. The van der Waals surface area contributed by atoms with E-state index in [9.17, 15) is 0 Å². The summed E-state index contributed by atoms with van der Waals surface area (Å²) < 4.78 is 0. The van der Waals surface area contributed by atoms with E-state index < -0.39 is 0 Å². The molecule has 1 fully saturated rings. The standard InChI is InChI=1S/C14H20N2/c15-14-8-4-5-11-9-16(10-13(11)14)12-6-2-1-3-7-12/h4-5,8,12H,1-3,6-7,9-10,15H2. The zero-order valence-corrected chi connectivity index (χ0v) is 9.78. The van der Waals surface area contributed by atoms with Gasteiger partial charge in [0, 0.05) is 24.8 Å². The van der Waals surface area contributed by atoms with Crippen molar-refractivity contribution in [1.82, 2.24) is 4.90 Å². The number of fused-ring (bicyclic) bond motifs is 1. The minimum Gasteiger partial charge on any atom is -0.398 e. The number of nitrogens with zero attached hydrogens (tertiary/aromatic N) is 1. The summed E-state index contributed by atoms with van der Waals surface area (Å²) in [6, 6.07) is 7.15. The number of anilines is 1. The summed E-state index contributed by atoms with van der Waals surface area (Å²) in [7, 11) is 0. The molecular weight excluding hydrogens is 196 g/mol. The molecule has 1 saturated carbocycles. The highest BCUT2D eigenvalue weighted by Crippen LogP contribution is 2.33. The van der Waals surface area contributed by atoms with Gasteiger partial charge in [0.05, 0.1) is 0 Å². The summed E-state index contributed by atoms with van der Waals surface area (Å²) in [5, 5.41) is 0. The van der Waals surface area contributed by atoms with E-state index in [-0.39, 0.29) is 0 Å². The molecule has 1 aromatic rings. The fourth-order valence-corrected chi connectivity index (χ4v) is 3.18. The second-order valence-electron chi connectivity index (χ2n) is 5.18. The van der Waals surface area contributed by atoms with E-state index >= 15 is 0 Å². The van der Waals surface area contributed by atoms with Crippen molar-refractivity contribution in [2.45, 2.75) is 51.2 Å². The SMILES string of the molecule is Nc1cccc2c1CN(C1CCCCC1)C2. The quantitative estimate of drug-likeness (QED) is 0.731. The first-order chi connectivity index (χ1) is 7.84. The van der Waals surface area contributed by atoms with Crippen LogP contribution in [0.15, 0.2) is 18.2 Å². The Labute approximate surface area is 97.4 Å². The third-order valence-corrected chi connectivity index (χ3v) is 4.14. The van der Waals surface area contributed by atoms with Crippen molar-refractivity contribution >= 4 is 5.69 Å². The molecule has 0 saturated heterocycles. The molecule has 0 amide bonds. The summed E-state index contributed by atoms with van der Waals surface area (Å²) in [5.41, 5.74) is 9.85. The van der Waals surface area contributed by atoms with Gasteiger partial charge in [0.25, 0.3) is 0 Å². The Morgan fingerprint density at radius 1 is 1.06 bits per heavy atom. The number of nitrogen functional groups attached to an aromatic ring is 1. The fourth-order valence-electron chi connectivity index (χ4n) is 3.18. The minimum atomic E-state index is 0.806. The molecule has 0 bridgehead atoms. The number of rotatable bonds is 1. The maximum atomic E-state index is 6.04. The van der Waals surface area contributed by atoms with E-state index in [1.54, 1.807) is 0 Å². The van der Waals surface area contributed by atoms with Crippen molar-refractivity contribution in [3.05, 3.63) is 29.3 Å². The first-order valence-electron chi connectivity index (χ1n) is 6.45. The van der Waals surface area contributed by atoms with Gasteiger partial charge in [-0.2, -0.15) is 0 Å². The van der Waals surface area contributed by atoms with Crippen LogP contribution in [0.2, 0.25) is 0 Å². The molecule has 1 heterocycles. The summed E-state index contributed by atoms with van der Waals surface area (Å²) in [4.78, 5) is 2.63. The maximum absolute atomic E-state index is 6.04. The molecule has 1 aromatic carbocycles. The van der Waals surface area contributed by atoms with Gasteiger partial charge in [-0.25, -0.2) is 0 Å². The van der Waals surface area contributed by atoms with E-state index in [4.69, 9.17) is 5.73 Å². The zero-order valence-electron chi connectivity index (χ0n) is 9.78. The molecule has 2 nitrogen and oxygen atoms in total. The van der Waals surface area contributed by atoms with Gasteiger partial charge in [-0.1, -0.05) is 31.4 Å². The Bertz CT molecular complexity index is 380. The predicted octanol–water partition coefficient (Wildman–Crippen LogP) is 2.92. The average molecular weight is 216 g/mol. The molecule has 2 N–H and O–H groups in total. The Morgan fingerprint density at radius 2 is 1.88 bits per heavy atom. The van der Waals surface area contributed by atoms with Gasteiger partial charge in [0.1, 0.15) is 0 Å². The van der Waals surface area contributed by atoms with Gasteiger partial charge in [0.2, 0.25) is 0 Å². The largest absolute Gasteiger partial charge is 0.398 e. The second-order valence-corrected chi connectivity index (χ2v) is 5.18. The molecule has 1 aliphatic heterocycles. The monoisotopic (exact) mass is 216 g/mol. The van der Waals surface area contributed by atoms with Crippen molar-refractivity contribution in [2.75, 3.05) is 5.73 Å². The molecule has 3 rings (SSSR count). The van der Waals surface area contributed by atoms with Crippen LogP contribution < -0.4 is 5.73 Å². The number of benzene rings is 1. The van der Waals surface area contributed by atoms with E-state index in [2.05, 4.69) is 17.0 Å². The summed E-state index contributed by atoms with van der Waals surface area (Å²) in [6.45, 7) is 2.19. The number of hydrogen-bond acceptors (Lipinski definition) is 2. The third-order valence-electron chi connectivity index (χ3n) is 4.14. The number of nitrogens with two attached hydrogens (primary N) is 1. The molecule has 0 atom stereocenters. The highest BCUT2D eigenvalue weighted by atomic mass is 15.2. The van der Waals surface area contributed by atoms with Crippen LogP contribution >= 0.6 is 0 Å². The lowest BCUT2D eigenvalue weighted by Gasteiger charge is -2.30. The van der Waals surface area contributed by atoms with E-state index in [0.717, 1.165) is 24.8 Å². The van der Waals surface area contributed by atoms with Gasteiger partial charge < -0.3 is 5.73 Å². The lowest BCUT2D eigenvalue weighted by molar-refractivity contribution is 0.156. The molecule has 0 spiro atoms. The lowest BCUT2D eigenvalue weighted by atomic mass is 9.94. The van der Waals surface area contributed by atoms with E-state index in [0.29, 0.717) is 0 Å². The molecule has 0 radical (unpaired) electrons. The Hall–Kier alpha value is -1.02. The lowest BCUT2D eigenvalue weighted by Crippen LogP contribution is -2.32. The zero-order chi connectivity index (χ0) is 11.0. The molecule has 0 aromatic heterocycles. The van der Waals surface area contributed by atoms with Crippen molar-refractivity contribution in [3.63, 3.8) is 0 Å². The predicted molar refractivity (Wildman–Crippen MR) is 67.0 cm³/mol. The molecular formula is C14H20N2. The van der Waals surface area contributed by atoms with Gasteiger partial charge in [-0.3, -0.25) is 4.90 Å². The first kappa shape index (κ1) is 10.2. The summed E-state index contributed by atoms with van der Waals surface area (Å²) in [5.74, 6) is 0. The van der Waals surface area contributed by atoms with Crippen molar-refractivity contribution in [2.24, 2.45) is 0 Å². The maximum Gasteiger partial charge on any atom is 0.0363 e. The van der Waals surface area contributed by atoms with E-state index in [1.165, 1.54) is 43.2 Å². The van der Waals surface area contributed by atoms with E-state index in [1.807, 2.05) is 6.07 Å². The van der Waals surface area contributed by atoms with Crippen LogP contribution in [0.25, 0.3) is 0 Å². The molecule has 0 unspecified atom stereocenters. The Balaban J connectivity index is 1.77. The normalized spacial score (nSPS) is 22.2. The van der Waals surface area contributed by atoms with Crippen LogP contribution in [0.3, 0.4) is 0 Å². The van der Waals surface area contributed by atoms with Gasteiger partial charge in [-0.05, 0) is 30.0 Å². The number of hydrogen-bond donors (Lipinski definition) is 1. The van der Waals surface area contributed by atoms with Gasteiger partial charge >= 0.3 is 0 Å². The van der Waals surface area contributed by atoms with Crippen LogP contribution in [0.5, 0.6) is 0 Å². The van der Waals surface area contributed by atoms with Crippen LogP contribution in [-0.4, -0.2) is 10.9 Å². The molecule has 1 aliphatic carbocycles. The fraction of sp³-hybridized carbons (Fsp3) is 0.571. The molecule has 16 heavy (non-hydrogen) atoms. The van der Waals surface area contributed by atoms with Crippen LogP contribution in [0.4, 0.5) is 5.69 Å². The van der Waals surface area contributed by atoms with Gasteiger partial charge in [0.15, 0.2) is 0 Å². The average Bonchev–Trinajstić information content (AvgIpc) is 2.76. The highest BCUT2D eigenvalue weighted by molar-refractivity contribution is 5.52. The third kappa shape index (κ3) is 1.71. The van der Waals surface area contributed by atoms with Crippen LogP contribution in [0, 0.1) is 0 Å². The summed E-state index contributed by atoms with van der Waals surface area (Å²) >= 11 is 0. The first-order valence-corrected chi connectivity index (χ1v) is 6.45. The van der Waals surface area contributed by atoms with Crippen LogP contribution in [-0.2, 0) is 13.1 Å². The summed E-state index contributed by atoms with van der Waals surface area (Å²) in [6.07, 6.45) is 7.02. The van der Waals surface area contributed by atoms with Crippen molar-refractivity contribution in [1.29, 1.82) is 0 Å². The van der Waals surface area contributed by atoms with Gasteiger partial charge in [-0.15, -0.1) is 0 Å². The van der Waals surface area contributed by atoms with Crippen molar-refractivity contribution < 1.29 is 0 Å². The minimum absolute atomic E-state index is 0.806. The molecule has 2 heteroatoms. The van der Waals surface area contributed by atoms with Crippen molar-refractivity contribution in [3.8, 4) is 0 Å².